The number of aliphatic hydroxyl groups excluding tert-OH is 1. The monoisotopic (exact) mass is 970 g/mol. The van der Waals surface area contributed by atoms with Crippen LogP contribution >= 0.6 is 7.82 Å². The van der Waals surface area contributed by atoms with Crippen LogP contribution in [0.15, 0.2) is 12.2 Å². The van der Waals surface area contributed by atoms with Crippen LogP contribution in [0, 0.1) is 0 Å². The molecule has 0 bridgehead atoms. The summed E-state index contributed by atoms with van der Waals surface area (Å²) >= 11 is 0. The number of carbonyl (C=O) groups is 1. The molecule has 0 rings (SSSR count). The first-order valence-electron chi connectivity index (χ1n) is 29.6. The van der Waals surface area contributed by atoms with Gasteiger partial charge in [-0.1, -0.05) is 289 Å². The molecule has 3 N–H and O–H groups in total. The fourth-order valence-electron chi connectivity index (χ4n) is 9.10. The van der Waals surface area contributed by atoms with E-state index in [1.807, 2.05) is 27.2 Å². The summed E-state index contributed by atoms with van der Waals surface area (Å²) in [6.45, 7) is 4.87. The molecule has 0 aromatic carbocycles. The summed E-state index contributed by atoms with van der Waals surface area (Å²) in [4.78, 5) is 23.3. The second kappa shape index (κ2) is 50.2. The molecule has 8 nitrogen and oxygen atoms in total. The number of phosphoric acid groups is 1. The highest BCUT2D eigenvalue weighted by molar-refractivity contribution is 7.47. The van der Waals surface area contributed by atoms with Gasteiger partial charge in [-0.3, -0.25) is 13.8 Å². The van der Waals surface area contributed by atoms with E-state index in [1.54, 1.807) is 6.08 Å². The molecule has 1 amide bonds. The molecule has 0 fully saturated rings. The Morgan fingerprint density at radius 3 is 1.10 bits per heavy atom. The van der Waals surface area contributed by atoms with Crippen molar-refractivity contribution in [3.8, 4) is 0 Å². The summed E-state index contributed by atoms with van der Waals surface area (Å²) in [6.07, 6.45) is 61.8. The van der Waals surface area contributed by atoms with E-state index >= 15 is 0 Å². The van der Waals surface area contributed by atoms with Gasteiger partial charge in [-0.05, 0) is 19.3 Å². The number of likely N-dealkylation sites (N-methyl/N-ethyl adjacent to an activating group) is 1. The Balaban J connectivity index is 4.09. The Kier molecular flexibility index (Phi) is 49.6. The van der Waals surface area contributed by atoms with Crippen molar-refractivity contribution in [3.05, 3.63) is 12.2 Å². The summed E-state index contributed by atoms with van der Waals surface area (Å²) in [5.41, 5.74) is 0. The molecule has 3 atom stereocenters. The molecular formula is C58H118N2O6P+. The Bertz CT molecular complexity index is 1100. The standard InChI is InChI=1S/C58H117N2O6P/c1-6-8-10-12-14-16-18-20-22-24-25-26-27-28-29-30-31-32-33-34-36-38-40-42-44-46-48-50-52-58(62)59-56(55-66-67(63,64)65-54-53-60(3,4)5)57(61)51-49-47-45-43-41-39-37-35-23-21-19-17-15-13-11-9-7-2/h49,51,56-57,61H,6-48,50,52-55H2,1-5H3,(H-,59,62,63,64)/p+1/b51-49+/t56-,57+/m0/s1. The van der Waals surface area contributed by atoms with Gasteiger partial charge in [0, 0.05) is 6.42 Å². The Morgan fingerprint density at radius 2 is 0.791 bits per heavy atom. The maximum Gasteiger partial charge on any atom is 0.472 e. The van der Waals surface area contributed by atoms with E-state index in [0.717, 1.165) is 32.1 Å². The summed E-state index contributed by atoms with van der Waals surface area (Å²) in [7, 11) is 1.59. The molecule has 0 radical (unpaired) electrons. The minimum absolute atomic E-state index is 0.0651. The van der Waals surface area contributed by atoms with E-state index in [4.69, 9.17) is 9.05 Å². The molecule has 0 aromatic heterocycles. The van der Waals surface area contributed by atoms with Gasteiger partial charge in [-0.25, -0.2) is 4.57 Å². The van der Waals surface area contributed by atoms with Crippen molar-refractivity contribution < 1.29 is 32.9 Å². The first kappa shape index (κ1) is 66.2. The topological polar surface area (TPSA) is 105 Å². The zero-order chi connectivity index (χ0) is 49.2. The van der Waals surface area contributed by atoms with Gasteiger partial charge < -0.3 is 19.8 Å². The second-order valence-electron chi connectivity index (χ2n) is 21.7. The van der Waals surface area contributed by atoms with Crippen LogP contribution in [0.3, 0.4) is 0 Å². The number of amides is 1. The molecule has 67 heavy (non-hydrogen) atoms. The van der Waals surface area contributed by atoms with Crippen LogP contribution in [-0.4, -0.2) is 73.4 Å². The van der Waals surface area contributed by atoms with Crippen LogP contribution in [0.4, 0.5) is 0 Å². The third-order valence-electron chi connectivity index (χ3n) is 13.8. The largest absolute Gasteiger partial charge is 0.472 e. The normalized spacial score (nSPS) is 14.0. The molecule has 1 unspecified atom stereocenters. The predicted octanol–water partition coefficient (Wildman–Crippen LogP) is 17.8. The summed E-state index contributed by atoms with van der Waals surface area (Å²) in [5.74, 6) is -0.169. The molecule has 0 saturated carbocycles. The fourth-order valence-corrected chi connectivity index (χ4v) is 9.84. The number of carbonyl (C=O) groups excluding carboxylic acids is 1. The molecule has 400 valence electrons. The Labute approximate surface area is 418 Å². The van der Waals surface area contributed by atoms with Gasteiger partial charge in [-0.15, -0.1) is 0 Å². The number of rotatable bonds is 55. The van der Waals surface area contributed by atoms with Crippen LogP contribution in [0.1, 0.15) is 303 Å². The number of aliphatic hydroxyl groups is 1. The van der Waals surface area contributed by atoms with Gasteiger partial charge in [-0.2, -0.15) is 0 Å². The van der Waals surface area contributed by atoms with E-state index in [0.29, 0.717) is 17.4 Å². The fraction of sp³-hybridized carbons (Fsp3) is 0.948. The molecule has 0 heterocycles. The third-order valence-corrected chi connectivity index (χ3v) is 14.7. The number of quaternary nitrogens is 1. The zero-order valence-corrected chi connectivity index (χ0v) is 46.6. The van der Waals surface area contributed by atoms with Gasteiger partial charge in [0.2, 0.25) is 5.91 Å². The predicted molar refractivity (Wildman–Crippen MR) is 291 cm³/mol. The maximum absolute atomic E-state index is 13.0. The van der Waals surface area contributed by atoms with Gasteiger partial charge in [0.1, 0.15) is 13.2 Å². The number of hydrogen-bond acceptors (Lipinski definition) is 5. The van der Waals surface area contributed by atoms with Crippen molar-refractivity contribution in [1.29, 1.82) is 0 Å². The highest BCUT2D eigenvalue weighted by Crippen LogP contribution is 2.43. The van der Waals surface area contributed by atoms with Crippen molar-refractivity contribution in [1.82, 2.24) is 5.32 Å². The van der Waals surface area contributed by atoms with Gasteiger partial charge in [0.05, 0.1) is 39.9 Å². The van der Waals surface area contributed by atoms with Gasteiger partial charge in [0.25, 0.3) is 0 Å². The molecular weight excluding hydrogens is 852 g/mol. The smallest absolute Gasteiger partial charge is 0.387 e. The molecule has 9 heteroatoms. The molecule has 0 aliphatic carbocycles. The molecule has 0 saturated heterocycles. The van der Waals surface area contributed by atoms with E-state index in [9.17, 15) is 19.4 Å². The van der Waals surface area contributed by atoms with Crippen molar-refractivity contribution in [2.45, 2.75) is 315 Å². The number of phosphoric ester groups is 1. The Morgan fingerprint density at radius 1 is 0.493 bits per heavy atom. The van der Waals surface area contributed by atoms with E-state index in [2.05, 4.69) is 19.2 Å². The average molecular weight is 971 g/mol. The second-order valence-corrected chi connectivity index (χ2v) is 23.2. The van der Waals surface area contributed by atoms with E-state index < -0.39 is 20.0 Å². The van der Waals surface area contributed by atoms with Crippen LogP contribution in [0.25, 0.3) is 0 Å². The number of nitrogens with one attached hydrogen (secondary N) is 1. The summed E-state index contributed by atoms with van der Waals surface area (Å²) < 4.78 is 23.7. The zero-order valence-electron chi connectivity index (χ0n) is 45.7. The first-order valence-corrected chi connectivity index (χ1v) is 31.1. The van der Waals surface area contributed by atoms with Gasteiger partial charge >= 0.3 is 7.82 Å². The molecule has 0 aliphatic heterocycles. The lowest BCUT2D eigenvalue weighted by atomic mass is 10.0. The lowest BCUT2D eigenvalue weighted by Gasteiger charge is -2.25. The van der Waals surface area contributed by atoms with Gasteiger partial charge in [0.15, 0.2) is 0 Å². The number of hydrogen-bond donors (Lipinski definition) is 3. The first-order chi connectivity index (χ1) is 32.5. The summed E-state index contributed by atoms with van der Waals surface area (Å²) in [6, 6.07) is -0.842. The van der Waals surface area contributed by atoms with Crippen molar-refractivity contribution >= 4 is 13.7 Å². The van der Waals surface area contributed by atoms with E-state index in [-0.39, 0.29) is 19.1 Å². The molecule has 0 aliphatic rings. The lowest BCUT2D eigenvalue weighted by Crippen LogP contribution is -2.45. The maximum atomic E-state index is 13.0. The minimum atomic E-state index is -4.34. The van der Waals surface area contributed by atoms with Crippen LogP contribution in [0.5, 0.6) is 0 Å². The number of nitrogens with zero attached hydrogens (tertiary/aromatic N) is 1. The molecule has 0 spiro atoms. The summed E-state index contributed by atoms with van der Waals surface area (Å²) in [5, 5.41) is 13.9. The van der Waals surface area contributed by atoms with Crippen molar-refractivity contribution in [2.75, 3.05) is 40.9 Å². The highest BCUT2D eigenvalue weighted by atomic mass is 31.2. The van der Waals surface area contributed by atoms with Crippen molar-refractivity contribution in [2.24, 2.45) is 0 Å². The lowest BCUT2D eigenvalue weighted by molar-refractivity contribution is -0.870. The average Bonchev–Trinajstić information content (AvgIpc) is 3.29. The van der Waals surface area contributed by atoms with Crippen molar-refractivity contribution in [3.63, 3.8) is 0 Å². The van der Waals surface area contributed by atoms with Crippen LogP contribution in [0.2, 0.25) is 0 Å². The Hall–Kier alpha value is -0.760. The number of unbranched alkanes of at least 4 members (excludes halogenated alkanes) is 42. The quantitative estimate of drug-likeness (QED) is 0.0243. The third kappa shape index (κ3) is 52.9. The minimum Gasteiger partial charge on any atom is -0.387 e. The number of allylic oxidation sites excluding steroid dienone is 1. The highest BCUT2D eigenvalue weighted by Gasteiger charge is 2.27. The SMILES string of the molecule is CCCCCCCCCCCCCCCCC/C=C/[C@@H](O)[C@H](COP(=O)(O)OCC[N+](C)(C)C)NC(=O)CCCCCCCCCCCCCCCCCCCCCCCCCCCCCC. The van der Waals surface area contributed by atoms with Crippen LogP contribution < -0.4 is 5.32 Å². The van der Waals surface area contributed by atoms with E-state index in [1.165, 1.54) is 250 Å². The molecule has 0 aromatic rings. The van der Waals surface area contributed by atoms with Crippen LogP contribution in [-0.2, 0) is 18.4 Å².